The number of hydrogen-bond acceptors (Lipinski definition) is 8. The first-order valence-electron chi connectivity index (χ1n) is 12.0. The summed E-state index contributed by atoms with van der Waals surface area (Å²) in [6.07, 6.45) is -2.87. The summed E-state index contributed by atoms with van der Waals surface area (Å²) in [4.78, 5) is 21.8. The lowest BCUT2D eigenvalue weighted by molar-refractivity contribution is -0.286. The molecule has 9 nitrogen and oxygen atoms in total. The third-order valence-corrected chi connectivity index (χ3v) is 6.98. The number of pyridine rings is 2. The molecular formula is C26H27F2N5O4. The highest BCUT2D eigenvalue weighted by atomic mass is 19.3. The topological polar surface area (TPSA) is 92.9 Å². The molecule has 1 aromatic carbocycles. The molecule has 3 aromatic rings. The second-order valence-electron chi connectivity index (χ2n) is 9.30. The minimum absolute atomic E-state index is 0.0141. The molecule has 0 unspecified atom stereocenters. The van der Waals surface area contributed by atoms with Crippen LogP contribution in [-0.2, 0) is 18.3 Å². The molecule has 194 valence electrons. The zero-order valence-electron chi connectivity index (χ0n) is 20.8. The molecule has 2 aromatic heterocycles. The number of aromatic nitrogens is 2. The van der Waals surface area contributed by atoms with Crippen LogP contribution in [0, 0.1) is 11.3 Å². The number of benzene rings is 1. The number of piperazine rings is 1. The van der Waals surface area contributed by atoms with E-state index in [4.69, 9.17) is 4.74 Å². The largest absolute Gasteiger partial charge is 0.586 e. The molecule has 2 aliphatic heterocycles. The van der Waals surface area contributed by atoms with Gasteiger partial charge in [-0.05, 0) is 36.2 Å². The molecule has 0 aliphatic carbocycles. The fourth-order valence-corrected chi connectivity index (χ4v) is 5.12. The lowest BCUT2D eigenvalue weighted by Crippen LogP contribution is -2.59. The van der Waals surface area contributed by atoms with Crippen LogP contribution >= 0.6 is 0 Å². The van der Waals surface area contributed by atoms with Gasteiger partial charge in [-0.25, -0.2) is 4.98 Å². The number of rotatable bonds is 6. The number of ether oxygens (including phenoxy) is 3. The Morgan fingerprint density at radius 2 is 1.95 bits per heavy atom. The highest BCUT2D eigenvalue weighted by Crippen LogP contribution is 2.41. The van der Waals surface area contributed by atoms with Gasteiger partial charge in [0.25, 0.3) is 5.56 Å². The molecule has 0 spiro atoms. The number of aryl methyl sites for hydroxylation is 1. The van der Waals surface area contributed by atoms with E-state index >= 15 is 0 Å². The second-order valence-corrected chi connectivity index (χ2v) is 9.30. The number of halogens is 2. The Kier molecular flexibility index (Phi) is 6.47. The van der Waals surface area contributed by atoms with Gasteiger partial charge in [0.05, 0.1) is 23.9 Å². The molecule has 11 heteroatoms. The molecule has 37 heavy (non-hydrogen) atoms. The highest BCUT2D eigenvalue weighted by molar-refractivity contribution is 5.89. The summed E-state index contributed by atoms with van der Waals surface area (Å²) in [5.41, 5.74) is 2.87. The van der Waals surface area contributed by atoms with Gasteiger partial charge in [0.1, 0.15) is 17.3 Å². The molecule has 2 atom stereocenters. The minimum atomic E-state index is -3.66. The number of nitrogens with zero attached hydrogens (tertiary/aromatic N) is 5. The van der Waals surface area contributed by atoms with Crippen molar-refractivity contribution < 1.29 is 23.0 Å². The van der Waals surface area contributed by atoms with Crippen LogP contribution in [0.2, 0.25) is 0 Å². The maximum Gasteiger partial charge on any atom is 0.586 e. The average Bonchev–Trinajstić information content (AvgIpc) is 3.19. The van der Waals surface area contributed by atoms with Crippen LogP contribution in [0.1, 0.15) is 24.6 Å². The zero-order valence-corrected chi connectivity index (χ0v) is 20.8. The van der Waals surface area contributed by atoms with E-state index in [-0.39, 0.29) is 34.8 Å². The van der Waals surface area contributed by atoms with Gasteiger partial charge in [-0.3, -0.25) is 9.69 Å². The van der Waals surface area contributed by atoms with Crippen molar-refractivity contribution in [2.24, 2.45) is 7.05 Å². The van der Waals surface area contributed by atoms with Crippen LogP contribution < -0.4 is 19.9 Å². The summed E-state index contributed by atoms with van der Waals surface area (Å²) < 4.78 is 43.2. The Balaban J connectivity index is 1.48. The molecule has 5 rings (SSSR count). The van der Waals surface area contributed by atoms with Crippen molar-refractivity contribution in [3.8, 4) is 17.6 Å². The van der Waals surface area contributed by atoms with Gasteiger partial charge < -0.3 is 23.7 Å². The number of nitriles is 1. The van der Waals surface area contributed by atoms with E-state index in [0.717, 1.165) is 12.0 Å². The maximum absolute atomic E-state index is 13.5. The lowest BCUT2D eigenvalue weighted by Gasteiger charge is -2.47. The predicted octanol–water partition coefficient (Wildman–Crippen LogP) is 3.24. The van der Waals surface area contributed by atoms with E-state index in [1.54, 1.807) is 44.5 Å². The average molecular weight is 512 g/mol. The zero-order chi connectivity index (χ0) is 26.3. The Bertz CT molecular complexity index is 1440. The van der Waals surface area contributed by atoms with Crippen LogP contribution in [0.5, 0.6) is 11.5 Å². The Hall–Kier alpha value is -3.75. The maximum atomic E-state index is 13.5. The Morgan fingerprint density at radius 3 is 2.68 bits per heavy atom. The smallest absolute Gasteiger partial charge is 0.395 e. The van der Waals surface area contributed by atoms with Gasteiger partial charge in [-0.1, -0.05) is 13.0 Å². The van der Waals surface area contributed by atoms with Crippen LogP contribution in [0.3, 0.4) is 0 Å². The fraction of sp³-hybridized carbons (Fsp3) is 0.423. The number of alkyl halides is 2. The van der Waals surface area contributed by atoms with E-state index in [2.05, 4.69) is 37.3 Å². The third kappa shape index (κ3) is 4.70. The van der Waals surface area contributed by atoms with E-state index in [0.29, 0.717) is 43.0 Å². The van der Waals surface area contributed by atoms with Gasteiger partial charge in [-0.15, -0.1) is 8.78 Å². The fourth-order valence-electron chi connectivity index (χ4n) is 5.12. The molecule has 1 fully saturated rings. The second kappa shape index (κ2) is 9.61. The summed E-state index contributed by atoms with van der Waals surface area (Å²) in [5.74, 6) is 0.0302. The summed E-state index contributed by atoms with van der Waals surface area (Å²) in [5, 5.41) is 9.42. The van der Waals surface area contributed by atoms with E-state index in [1.165, 1.54) is 10.6 Å². The summed E-state index contributed by atoms with van der Waals surface area (Å²) in [7, 11) is 3.32. The van der Waals surface area contributed by atoms with E-state index in [9.17, 15) is 18.8 Å². The molecule has 0 bridgehead atoms. The van der Waals surface area contributed by atoms with Crippen molar-refractivity contribution in [1.29, 1.82) is 5.26 Å². The molecule has 2 aliphatic rings. The van der Waals surface area contributed by atoms with Gasteiger partial charge in [0.2, 0.25) is 0 Å². The van der Waals surface area contributed by atoms with Gasteiger partial charge in [-0.2, -0.15) is 5.26 Å². The highest BCUT2D eigenvalue weighted by Gasteiger charge is 2.43. The number of methoxy groups -OCH3 is 1. The van der Waals surface area contributed by atoms with Gasteiger partial charge >= 0.3 is 6.29 Å². The first-order valence-corrected chi connectivity index (χ1v) is 12.0. The predicted molar refractivity (Wildman–Crippen MR) is 132 cm³/mol. The first kappa shape index (κ1) is 24.9. The van der Waals surface area contributed by atoms with Crippen molar-refractivity contribution in [1.82, 2.24) is 14.5 Å². The quantitative estimate of drug-likeness (QED) is 0.498. The summed E-state index contributed by atoms with van der Waals surface area (Å²) in [6.45, 7) is 4.19. The summed E-state index contributed by atoms with van der Waals surface area (Å²) in [6, 6.07) is 11.8. The van der Waals surface area contributed by atoms with Gasteiger partial charge in [0.15, 0.2) is 11.5 Å². The van der Waals surface area contributed by atoms with Crippen LogP contribution in [0.25, 0.3) is 11.0 Å². The Morgan fingerprint density at radius 1 is 1.16 bits per heavy atom. The Labute approximate surface area is 212 Å². The van der Waals surface area contributed by atoms with Crippen LogP contribution in [0.15, 0.2) is 41.2 Å². The van der Waals surface area contributed by atoms with Crippen molar-refractivity contribution in [3.63, 3.8) is 0 Å². The van der Waals surface area contributed by atoms with Crippen molar-refractivity contribution in [3.05, 3.63) is 58.0 Å². The van der Waals surface area contributed by atoms with Crippen molar-refractivity contribution >= 4 is 16.7 Å². The van der Waals surface area contributed by atoms with Gasteiger partial charge in [0, 0.05) is 45.9 Å². The molecule has 0 N–H and O–H groups in total. The standard InChI is InChI=1S/C26H27F2N5O4/c1-4-18-13-32(12-16-5-8-22-23(9-16)37-26(27,28)36-22)19(15-35-3)14-33(18)21-10-24(34)31(2)20-7-6-17(11-29)30-25(20)21/h5-10,18-19H,4,12-15H2,1-3H3/t18-,19-/m0/s1. The lowest BCUT2D eigenvalue weighted by atomic mass is 10.0. The minimum Gasteiger partial charge on any atom is -0.395 e. The molecule has 0 amide bonds. The van der Waals surface area contributed by atoms with Crippen LogP contribution in [0.4, 0.5) is 14.5 Å². The molecular weight excluding hydrogens is 484 g/mol. The number of anilines is 1. The number of hydrogen-bond donors (Lipinski definition) is 0. The summed E-state index contributed by atoms with van der Waals surface area (Å²) >= 11 is 0. The monoisotopic (exact) mass is 511 g/mol. The molecule has 4 heterocycles. The van der Waals surface area contributed by atoms with E-state index in [1.807, 2.05) is 0 Å². The first-order chi connectivity index (χ1) is 17.7. The van der Waals surface area contributed by atoms with Crippen molar-refractivity contribution in [2.75, 3.05) is 31.7 Å². The molecule has 0 saturated carbocycles. The SMILES string of the molecule is CC[C@H]1CN(Cc2ccc3c(c2)OC(F)(F)O3)[C@H](COC)CN1c1cc(=O)n(C)c2ccc(C#N)nc12. The van der Waals surface area contributed by atoms with E-state index < -0.39 is 6.29 Å². The van der Waals surface area contributed by atoms with Crippen molar-refractivity contribution in [2.45, 2.75) is 38.3 Å². The molecule has 0 radical (unpaired) electrons. The number of fused-ring (bicyclic) bond motifs is 2. The van der Waals surface area contributed by atoms with Crippen LogP contribution in [-0.4, -0.2) is 59.6 Å². The normalized spacial score (nSPS) is 20.8. The third-order valence-electron chi connectivity index (χ3n) is 6.98. The molecule has 1 saturated heterocycles.